The zero-order valence-electron chi connectivity index (χ0n) is 56.3. The van der Waals surface area contributed by atoms with Crippen molar-refractivity contribution in [3.63, 3.8) is 0 Å². The van der Waals surface area contributed by atoms with Crippen LogP contribution in [0.1, 0.15) is 343 Å². The van der Waals surface area contributed by atoms with Crippen LogP contribution in [0.25, 0.3) is 0 Å². The van der Waals surface area contributed by atoms with E-state index in [0.29, 0.717) is 25.7 Å². The summed E-state index contributed by atoms with van der Waals surface area (Å²) in [7, 11) is -9.89. The van der Waals surface area contributed by atoms with Crippen LogP contribution in [0, 0.1) is 11.8 Å². The van der Waals surface area contributed by atoms with Crippen LogP contribution in [-0.4, -0.2) is 96.7 Å². The minimum Gasteiger partial charge on any atom is -0.462 e. The average Bonchev–Trinajstić information content (AvgIpc) is 3.70. The highest BCUT2D eigenvalue weighted by Gasteiger charge is 2.30. The summed E-state index contributed by atoms with van der Waals surface area (Å²) in [5.74, 6) is -0.651. The van der Waals surface area contributed by atoms with Crippen molar-refractivity contribution in [2.24, 2.45) is 11.8 Å². The highest BCUT2D eigenvalue weighted by atomic mass is 31.2. The lowest BCUT2D eigenvalue weighted by Gasteiger charge is -2.21. The van der Waals surface area contributed by atoms with Gasteiger partial charge in [-0.2, -0.15) is 0 Å². The van der Waals surface area contributed by atoms with Gasteiger partial charge in [0.1, 0.15) is 19.3 Å². The first-order chi connectivity index (χ1) is 41.9. The maximum absolute atomic E-state index is 13.0. The maximum atomic E-state index is 13.0. The lowest BCUT2D eigenvalue weighted by atomic mass is 10.00. The molecule has 516 valence electrons. The summed E-state index contributed by atoms with van der Waals surface area (Å²) in [5, 5.41) is 10.6. The van der Waals surface area contributed by atoms with Crippen LogP contribution in [0.15, 0.2) is 0 Å². The van der Waals surface area contributed by atoms with Crippen molar-refractivity contribution in [2.75, 3.05) is 39.6 Å². The summed E-state index contributed by atoms with van der Waals surface area (Å²) in [6.07, 6.45) is 44.4. The number of phosphoric acid groups is 2. The first-order valence-corrected chi connectivity index (χ1v) is 38.5. The minimum atomic E-state index is -4.95. The van der Waals surface area contributed by atoms with E-state index in [1.807, 2.05) is 0 Å². The van der Waals surface area contributed by atoms with Crippen LogP contribution in [-0.2, 0) is 65.4 Å². The predicted molar refractivity (Wildman–Crippen MR) is 349 cm³/mol. The number of aliphatic hydroxyl groups excluding tert-OH is 1. The van der Waals surface area contributed by atoms with Gasteiger partial charge in [-0.15, -0.1) is 0 Å². The summed E-state index contributed by atoms with van der Waals surface area (Å²) in [4.78, 5) is 72.4. The van der Waals surface area contributed by atoms with Crippen molar-refractivity contribution in [3.05, 3.63) is 0 Å². The number of ether oxygens (including phenoxy) is 4. The number of hydrogen-bond donors (Lipinski definition) is 3. The highest BCUT2D eigenvalue weighted by Crippen LogP contribution is 2.45. The van der Waals surface area contributed by atoms with Gasteiger partial charge >= 0.3 is 39.5 Å². The van der Waals surface area contributed by atoms with E-state index in [9.17, 15) is 43.2 Å². The van der Waals surface area contributed by atoms with Crippen LogP contribution >= 0.6 is 15.6 Å². The van der Waals surface area contributed by atoms with E-state index < -0.39 is 97.5 Å². The van der Waals surface area contributed by atoms with Gasteiger partial charge < -0.3 is 33.8 Å². The van der Waals surface area contributed by atoms with Crippen molar-refractivity contribution in [2.45, 2.75) is 362 Å². The fraction of sp³-hybridized carbons (Fsp3) is 0.941. The molecule has 0 aromatic carbocycles. The van der Waals surface area contributed by atoms with Gasteiger partial charge in [-0.05, 0) is 37.5 Å². The van der Waals surface area contributed by atoms with E-state index in [-0.39, 0.29) is 25.7 Å². The zero-order chi connectivity index (χ0) is 64.3. The summed E-state index contributed by atoms with van der Waals surface area (Å²) in [6.45, 7) is 9.46. The fourth-order valence-corrected chi connectivity index (χ4v) is 11.8. The number of unbranched alkanes of at least 4 members (excludes halogenated alkanes) is 36. The Bertz CT molecular complexity index is 1700. The predicted octanol–water partition coefficient (Wildman–Crippen LogP) is 19.2. The van der Waals surface area contributed by atoms with Crippen LogP contribution in [0.3, 0.4) is 0 Å². The van der Waals surface area contributed by atoms with Gasteiger partial charge in [0.25, 0.3) is 0 Å². The summed E-state index contributed by atoms with van der Waals surface area (Å²) in [6, 6.07) is 0. The van der Waals surface area contributed by atoms with E-state index in [2.05, 4.69) is 41.5 Å². The van der Waals surface area contributed by atoms with Crippen molar-refractivity contribution in [1.29, 1.82) is 0 Å². The van der Waals surface area contributed by atoms with Gasteiger partial charge in [-0.25, -0.2) is 9.13 Å². The molecule has 0 radical (unpaired) electrons. The normalized spacial score (nSPS) is 14.5. The van der Waals surface area contributed by atoms with Crippen LogP contribution in [0.5, 0.6) is 0 Å². The Hall–Kier alpha value is -1.94. The molecular weight excluding hydrogens is 1150 g/mol. The lowest BCUT2D eigenvalue weighted by Crippen LogP contribution is -2.30. The molecule has 0 saturated heterocycles. The Kier molecular flexibility index (Phi) is 59.0. The monoisotopic (exact) mass is 1280 g/mol. The van der Waals surface area contributed by atoms with Crippen molar-refractivity contribution in [3.8, 4) is 0 Å². The number of phosphoric ester groups is 2. The first kappa shape index (κ1) is 85.1. The molecule has 17 nitrogen and oxygen atoms in total. The van der Waals surface area contributed by atoms with Gasteiger partial charge in [0.2, 0.25) is 0 Å². The van der Waals surface area contributed by atoms with Crippen LogP contribution in [0.2, 0.25) is 0 Å². The van der Waals surface area contributed by atoms with E-state index in [0.717, 1.165) is 102 Å². The standard InChI is InChI=1S/C68H132O17P2/c1-7-10-12-14-16-18-19-20-21-22-23-29-33-40-46-52-67(72)84-63(56-79-66(71)51-45-39-32-28-25-24-27-30-36-42-48-60(4)5)58-82-86(74,75)80-54-62(69)55-81-87(76,77)83-59-64(57-78-65(70)50-44-38-31-26-17-15-13-11-8-2)85-68(73)53-47-41-35-34-37-43-49-61(6)9-3/h60-64,69H,7-59H2,1-6H3,(H,74,75)(H,76,77)/t61?,62-,63-,64-/m1/s1. The maximum Gasteiger partial charge on any atom is 0.472 e. The van der Waals surface area contributed by atoms with Gasteiger partial charge in [-0.1, -0.05) is 292 Å². The van der Waals surface area contributed by atoms with Gasteiger partial charge in [0.15, 0.2) is 12.2 Å². The molecule has 0 aliphatic carbocycles. The second-order valence-electron chi connectivity index (χ2n) is 25.3. The molecule has 0 spiro atoms. The molecule has 0 aromatic heterocycles. The molecule has 6 atom stereocenters. The van der Waals surface area contributed by atoms with Crippen LogP contribution < -0.4 is 0 Å². The molecule has 19 heteroatoms. The van der Waals surface area contributed by atoms with Gasteiger partial charge in [0, 0.05) is 25.7 Å². The van der Waals surface area contributed by atoms with E-state index >= 15 is 0 Å². The fourth-order valence-electron chi connectivity index (χ4n) is 10.2. The SMILES string of the molecule is CCCCCCCCCCCCCCCCCC(=O)O[C@H](COC(=O)CCCCCCCCCCCCC(C)C)COP(=O)(O)OC[C@@H](O)COP(=O)(O)OC[C@@H](COC(=O)CCCCCCCCCCC)OC(=O)CCCCCCCCC(C)CC. The highest BCUT2D eigenvalue weighted by molar-refractivity contribution is 7.47. The van der Waals surface area contributed by atoms with E-state index in [4.69, 9.17) is 37.0 Å². The molecule has 0 rings (SSSR count). The molecule has 87 heavy (non-hydrogen) atoms. The van der Waals surface area contributed by atoms with Crippen molar-refractivity contribution >= 4 is 39.5 Å². The third-order valence-electron chi connectivity index (χ3n) is 16.1. The number of carbonyl (C=O) groups is 4. The zero-order valence-corrected chi connectivity index (χ0v) is 58.1. The quantitative estimate of drug-likeness (QED) is 0.0222. The Morgan fingerprint density at radius 2 is 0.586 bits per heavy atom. The van der Waals surface area contributed by atoms with Crippen LogP contribution in [0.4, 0.5) is 0 Å². The molecule has 3 unspecified atom stereocenters. The summed E-state index contributed by atoms with van der Waals surface area (Å²) in [5.41, 5.74) is 0. The topological polar surface area (TPSA) is 237 Å². The largest absolute Gasteiger partial charge is 0.472 e. The molecular formula is C68H132O17P2. The Labute approximate surface area is 530 Å². The third kappa shape index (κ3) is 61.3. The summed E-state index contributed by atoms with van der Waals surface area (Å²) < 4.78 is 68.2. The second-order valence-corrected chi connectivity index (χ2v) is 28.2. The van der Waals surface area contributed by atoms with E-state index in [1.54, 1.807) is 0 Å². The molecule has 0 saturated carbocycles. The number of hydrogen-bond acceptors (Lipinski definition) is 15. The molecule has 0 fully saturated rings. The number of carbonyl (C=O) groups excluding carboxylic acids is 4. The molecule has 0 aliphatic heterocycles. The number of aliphatic hydroxyl groups is 1. The van der Waals surface area contributed by atoms with Crippen molar-refractivity contribution in [1.82, 2.24) is 0 Å². The smallest absolute Gasteiger partial charge is 0.462 e. The van der Waals surface area contributed by atoms with E-state index in [1.165, 1.54) is 161 Å². The minimum absolute atomic E-state index is 0.103. The third-order valence-corrected chi connectivity index (χ3v) is 18.0. The number of rotatable bonds is 67. The van der Waals surface area contributed by atoms with Gasteiger partial charge in [0.05, 0.1) is 26.4 Å². The Morgan fingerprint density at radius 1 is 0.333 bits per heavy atom. The number of esters is 4. The molecule has 0 aliphatic rings. The summed E-state index contributed by atoms with van der Waals surface area (Å²) >= 11 is 0. The Balaban J connectivity index is 5.24. The molecule has 0 heterocycles. The molecule has 3 N–H and O–H groups in total. The molecule has 0 bridgehead atoms. The van der Waals surface area contributed by atoms with Gasteiger partial charge in [-0.3, -0.25) is 37.3 Å². The Morgan fingerprint density at radius 3 is 0.874 bits per heavy atom. The average molecular weight is 1280 g/mol. The van der Waals surface area contributed by atoms with Crippen molar-refractivity contribution < 1.29 is 80.2 Å². The second kappa shape index (κ2) is 60.3. The first-order valence-electron chi connectivity index (χ1n) is 35.5. The molecule has 0 amide bonds. The molecule has 0 aromatic rings. The lowest BCUT2D eigenvalue weighted by molar-refractivity contribution is -0.161.